The van der Waals surface area contributed by atoms with Crippen molar-refractivity contribution >= 4 is 11.7 Å². The summed E-state index contributed by atoms with van der Waals surface area (Å²) in [6.45, 7) is 1.98. The second kappa shape index (κ2) is 7.72. The van der Waals surface area contributed by atoms with Crippen molar-refractivity contribution < 1.29 is 9.53 Å². The van der Waals surface area contributed by atoms with Gasteiger partial charge in [-0.15, -0.1) is 0 Å². The fourth-order valence-corrected chi connectivity index (χ4v) is 2.66. The van der Waals surface area contributed by atoms with E-state index in [9.17, 15) is 4.79 Å². The number of nitrogens with one attached hydrogen (secondary N) is 2. The van der Waals surface area contributed by atoms with E-state index in [0.29, 0.717) is 17.4 Å². The molecule has 1 aliphatic carbocycles. The van der Waals surface area contributed by atoms with Crippen molar-refractivity contribution in [1.82, 2.24) is 5.32 Å². The lowest BCUT2D eigenvalue weighted by atomic mass is 9.89. The van der Waals surface area contributed by atoms with Gasteiger partial charge in [-0.3, -0.25) is 0 Å². The minimum absolute atomic E-state index is 0.244. The standard InChI is InChI=1S/C17H24N2O2/c1-13-8-9-16(21-2)15(12-13)19-17(20)18-11-10-14-6-4-3-5-7-14/h8-12,14H,3-7H2,1-2H3,(H2,18,19,20)/b11-10+. The highest BCUT2D eigenvalue weighted by molar-refractivity contribution is 5.91. The highest BCUT2D eigenvalue weighted by Gasteiger charge is 2.10. The molecule has 0 radical (unpaired) electrons. The van der Waals surface area contributed by atoms with Gasteiger partial charge in [-0.1, -0.05) is 31.4 Å². The van der Waals surface area contributed by atoms with E-state index in [1.54, 1.807) is 13.3 Å². The molecular formula is C17H24N2O2. The van der Waals surface area contributed by atoms with Gasteiger partial charge in [0.1, 0.15) is 5.75 Å². The Bertz CT molecular complexity index is 506. The summed E-state index contributed by atoms with van der Waals surface area (Å²) in [7, 11) is 1.59. The Morgan fingerprint density at radius 2 is 2.05 bits per heavy atom. The molecule has 21 heavy (non-hydrogen) atoms. The van der Waals surface area contributed by atoms with Crippen LogP contribution in [0.15, 0.2) is 30.5 Å². The summed E-state index contributed by atoms with van der Waals surface area (Å²) in [5.74, 6) is 1.26. The van der Waals surface area contributed by atoms with Gasteiger partial charge in [-0.05, 0) is 43.4 Å². The first-order valence-electron chi connectivity index (χ1n) is 7.58. The summed E-state index contributed by atoms with van der Waals surface area (Å²) >= 11 is 0. The van der Waals surface area contributed by atoms with Crippen LogP contribution in [0.1, 0.15) is 37.7 Å². The van der Waals surface area contributed by atoms with E-state index in [-0.39, 0.29) is 6.03 Å². The summed E-state index contributed by atoms with van der Waals surface area (Å²) in [6.07, 6.45) is 10.2. The summed E-state index contributed by atoms with van der Waals surface area (Å²) in [4.78, 5) is 11.9. The van der Waals surface area contributed by atoms with Crippen LogP contribution in [0.2, 0.25) is 0 Å². The van der Waals surface area contributed by atoms with Crippen LogP contribution < -0.4 is 15.4 Å². The molecule has 1 saturated carbocycles. The smallest absolute Gasteiger partial charge is 0.323 e. The number of methoxy groups -OCH3 is 1. The van der Waals surface area contributed by atoms with Gasteiger partial charge in [0.2, 0.25) is 0 Å². The number of carbonyl (C=O) groups is 1. The van der Waals surface area contributed by atoms with Crippen LogP contribution in [0.5, 0.6) is 5.75 Å². The lowest BCUT2D eigenvalue weighted by molar-refractivity contribution is 0.255. The largest absolute Gasteiger partial charge is 0.495 e. The van der Waals surface area contributed by atoms with Crippen LogP contribution in [0.3, 0.4) is 0 Å². The molecule has 0 unspecified atom stereocenters. The molecule has 4 heteroatoms. The maximum absolute atomic E-state index is 11.9. The van der Waals surface area contributed by atoms with Crippen LogP contribution >= 0.6 is 0 Å². The zero-order valence-electron chi connectivity index (χ0n) is 12.8. The van der Waals surface area contributed by atoms with Crippen molar-refractivity contribution in [3.05, 3.63) is 36.0 Å². The first kappa shape index (κ1) is 15.4. The number of benzene rings is 1. The third kappa shape index (κ3) is 4.81. The first-order chi connectivity index (χ1) is 10.2. The predicted octanol–water partition coefficient (Wildman–Crippen LogP) is 4.22. The quantitative estimate of drug-likeness (QED) is 0.871. The first-order valence-corrected chi connectivity index (χ1v) is 7.58. The van der Waals surface area contributed by atoms with Crippen molar-refractivity contribution in [2.24, 2.45) is 5.92 Å². The lowest BCUT2D eigenvalue weighted by Crippen LogP contribution is -2.24. The van der Waals surface area contributed by atoms with Gasteiger partial charge >= 0.3 is 6.03 Å². The number of amides is 2. The topological polar surface area (TPSA) is 50.4 Å². The molecule has 0 aromatic heterocycles. The molecule has 2 N–H and O–H groups in total. The van der Waals surface area contributed by atoms with Crippen molar-refractivity contribution in [2.75, 3.05) is 12.4 Å². The van der Waals surface area contributed by atoms with E-state index in [0.717, 1.165) is 5.56 Å². The molecular weight excluding hydrogens is 264 g/mol. The number of urea groups is 1. The summed E-state index contributed by atoms with van der Waals surface area (Å²) in [5.41, 5.74) is 1.75. The van der Waals surface area contributed by atoms with E-state index in [2.05, 4.69) is 16.7 Å². The molecule has 1 aliphatic rings. The summed E-state index contributed by atoms with van der Waals surface area (Å²) in [6, 6.07) is 5.45. The molecule has 0 aliphatic heterocycles. The molecule has 2 rings (SSSR count). The predicted molar refractivity (Wildman–Crippen MR) is 85.6 cm³/mol. The van der Waals surface area contributed by atoms with E-state index in [1.165, 1.54) is 32.1 Å². The molecule has 0 spiro atoms. The van der Waals surface area contributed by atoms with Crippen molar-refractivity contribution in [3.8, 4) is 5.75 Å². The van der Waals surface area contributed by atoms with E-state index >= 15 is 0 Å². The molecule has 2 amide bonds. The van der Waals surface area contributed by atoms with Gasteiger partial charge in [0.25, 0.3) is 0 Å². The molecule has 1 aromatic carbocycles. The summed E-state index contributed by atoms with van der Waals surface area (Å²) < 4.78 is 5.24. The number of hydrogen-bond donors (Lipinski definition) is 2. The second-order valence-electron chi connectivity index (χ2n) is 5.56. The number of ether oxygens (including phenoxy) is 1. The van der Waals surface area contributed by atoms with E-state index in [4.69, 9.17) is 4.74 Å². The molecule has 1 fully saturated rings. The Morgan fingerprint density at radius 3 is 2.76 bits per heavy atom. The zero-order chi connectivity index (χ0) is 15.1. The average Bonchev–Trinajstić information content (AvgIpc) is 2.48. The van der Waals surface area contributed by atoms with Crippen LogP contribution in [0, 0.1) is 12.8 Å². The average molecular weight is 288 g/mol. The maximum Gasteiger partial charge on any atom is 0.323 e. The third-order valence-electron chi connectivity index (χ3n) is 3.84. The lowest BCUT2D eigenvalue weighted by Gasteiger charge is -2.17. The third-order valence-corrected chi connectivity index (χ3v) is 3.84. The summed E-state index contributed by atoms with van der Waals surface area (Å²) in [5, 5.41) is 5.58. The molecule has 0 heterocycles. The molecule has 0 bridgehead atoms. The van der Waals surface area contributed by atoms with Gasteiger partial charge in [-0.2, -0.15) is 0 Å². The van der Waals surface area contributed by atoms with E-state index < -0.39 is 0 Å². The molecule has 1 aromatic rings. The number of hydrogen-bond acceptors (Lipinski definition) is 2. The molecule has 0 saturated heterocycles. The van der Waals surface area contributed by atoms with Gasteiger partial charge in [-0.25, -0.2) is 4.79 Å². The number of allylic oxidation sites excluding steroid dienone is 1. The highest BCUT2D eigenvalue weighted by Crippen LogP contribution is 2.25. The SMILES string of the molecule is COc1ccc(C)cc1NC(=O)N/C=C/C1CCCCC1. The van der Waals surface area contributed by atoms with Crippen LogP contribution in [0.25, 0.3) is 0 Å². The van der Waals surface area contributed by atoms with Gasteiger partial charge < -0.3 is 15.4 Å². The van der Waals surface area contributed by atoms with Crippen molar-refractivity contribution in [2.45, 2.75) is 39.0 Å². The van der Waals surface area contributed by atoms with Gasteiger partial charge in [0.05, 0.1) is 12.8 Å². The minimum atomic E-state index is -0.244. The normalized spacial score (nSPS) is 15.9. The fraction of sp³-hybridized carbons (Fsp3) is 0.471. The number of rotatable bonds is 4. The maximum atomic E-state index is 11.9. The number of anilines is 1. The fourth-order valence-electron chi connectivity index (χ4n) is 2.66. The van der Waals surface area contributed by atoms with Gasteiger partial charge in [0, 0.05) is 6.20 Å². The number of carbonyl (C=O) groups excluding carboxylic acids is 1. The Labute approximate surface area is 126 Å². The van der Waals surface area contributed by atoms with Gasteiger partial charge in [0.15, 0.2) is 0 Å². The Hall–Kier alpha value is -1.97. The van der Waals surface area contributed by atoms with Crippen LogP contribution in [-0.2, 0) is 0 Å². The van der Waals surface area contributed by atoms with Crippen LogP contribution in [0.4, 0.5) is 10.5 Å². The van der Waals surface area contributed by atoms with E-state index in [1.807, 2.05) is 25.1 Å². The molecule has 0 atom stereocenters. The van der Waals surface area contributed by atoms with Crippen molar-refractivity contribution in [3.63, 3.8) is 0 Å². The Morgan fingerprint density at radius 1 is 1.29 bits per heavy atom. The monoisotopic (exact) mass is 288 g/mol. The second-order valence-corrected chi connectivity index (χ2v) is 5.56. The molecule has 114 valence electrons. The highest BCUT2D eigenvalue weighted by atomic mass is 16.5. The zero-order valence-corrected chi connectivity index (χ0v) is 12.8. The number of aryl methyl sites for hydroxylation is 1. The van der Waals surface area contributed by atoms with Crippen molar-refractivity contribution in [1.29, 1.82) is 0 Å². The Kier molecular flexibility index (Phi) is 5.67. The Balaban J connectivity index is 1.86. The molecule has 4 nitrogen and oxygen atoms in total. The van der Waals surface area contributed by atoms with Crippen LogP contribution in [-0.4, -0.2) is 13.1 Å². The minimum Gasteiger partial charge on any atom is -0.495 e.